The van der Waals surface area contributed by atoms with Crippen molar-refractivity contribution in [1.29, 1.82) is 0 Å². The Morgan fingerprint density at radius 2 is 2.00 bits per heavy atom. The minimum absolute atomic E-state index is 0.660. The molecule has 0 saturated carbocycles. The van der Waals surface area contributed by atoms with Crippen LogP contribution in [-0.2, 0) is 0 Å². The van der Waals surface area contributed by atoms with Crippen LogP contribution in [0.2, 0.25) is 0 Å². The van der Waals surface area contributed by atoms with Crippen molar-refractivity contribution in [2.75, 3.05) is 19.0 Å². The molecule has 5 heteroatoms. The Balaban J connectivity index is 2.36. The van der Waals surface area contributed by atoms with Crippen molar-refractivity contribution in [2.45, 2.75) is 6.92 Å². The van der Waals surface area contributed by atoms with Crippen LogP contribution in [0.15, 0.2) is 36.5 Å². The molecule has 0 fully saturated rings. The van der Waals surface area contributed by atoms with Gasteiger partial charge in [-0.25, -0.2) is 4.98 Å². The van der Waals surface area contributed by atoms with Gasteiger partial charge in [0.05, 0.1) is 16.9 Å². The predicted molar refractivity (Wildman–Crippen MR) is 85.3 cm³/mol. The lowest BCUT2D eigenvalue weighted by Crippen LogP contribution is -2.12. The van der Waals surface area contributed by atoms with E-state index in [4.69, 9.17) is 12.2 Å². The summed E-state index contributed by atoms with van der Waals surface area (Å²) in [4.78, 5) is 9.83. The Bertz CT molecular complexity index is 829. The number of hydrogen-bond acceptors (Lipinski definition) is 3. The molecule has 0 aliphatic heterocycles. The molecular weight excluding hydrogens is 268 g/mol. The summed E-state index contributed by atoms with van der Waals surface area (Å²) < 4.78 is 2.65. The number of rotatable bonds is 2. The van der Waals surface area contributed by atoms with Crippen molar-refractivity contribution in [1.82, 2.24) is 14.5 Å². The molecule has 3 aromatic rings. The number of benzene rings is 1. The van der Waals surface area contributed by atoms with E-state index in [9.17, 15) is 0 Å². The van der Waals surface area contributed by atoms with Gasteiger partial charge in [-0.2, -0.15) is 0 Å². The largest absolute Gasteiger partial charge is 0.376 e. The molecule has 0 aliphatic rings. The van der Waals surface area contributed by atoms with Gasteiger partial charge in [-0.3, -0.25) is 4.57 Å². The van der Waals surface area contributed by atoms with Gasteiger partial charge < -0.3 is 9.88 Å². The molecule has 3 rings (SSSR count). The first-order valence-corrected chi connectivity index (χ1v) is 6.83. The van der Waals surface area contributed by atoms with Crippen molar-refractivity contribution >= 4 is 29.1 Å². The van der Waals surface area contributed by atoms with Crippen molar-refractivity contribution < 1.29 is 0 Å². The Morgan fingerprint density at radius 1 is 1.25 bits per heavy atom. The monoisotopic (exact) mass is 284 g/mol. The average Bonchev–Trinajstić information content (AvgIpc) is 2.73. The standard InChI is InChI=1S/C15H16N4S/c1-10-8-11-14(16-9-10)19(15(20)17-11)13-7-5-4-6-12(13)18(2)3/h4-9H,1-3H3,(H,17,20). The van der Waals surface area contributed by atoms with Crippen LogP contribution in [-0.4, -0.2) is 28.6 Å². The number of aromatic amines is 1. The molecule has 0 spiro atoms. The fraction of sp³-hybridized carbons (Fsp3) is 0.200. The third-order valence-electron chi connectivity index (χ3n) is 3.26. The van der Waals surface area contributed by atoms with Crippen LogP contribution in [0, 0.1) is 11.7 Å². The van der Waals surface area contributed by atoms with E-state index in [0.29, 0.717) is 4.77 Å². The first kappa shape index (κ1) is 12.9. The molecule has 0 bridgehead atoms. The second-order valence-corrected chi connectivity index (χ2v) is 5.42. The lowest BCUT2D eigenvalue weighted by atomic mass is 10.2. The highest BCUT2D eigenvalue weighted by atomic mass is 32.1. The summed E-state index contributed by atoms with van der Waals surface area (Å²) in [5.74, 6) is 0. The molecule has 0 amide bonds. The molecule has 2 heterocycles. The molecule has 20 heavy (non-hydrogen) atoms. The summed E-state index contributed by atoms with van der Waals surface area (Å²) in [5, 5.41) is 0. The van der Waals surface area contributed by atoms with E-state index < -0.39 is 0 Å². The molecule has 102 valence electrons. The summed E-state index contributed by atoms with van der Waals surface area (Å²) in [6.45, 7) is 2.02. The summed E-state index contributed by atoms with van der Waals surface area (Å²) in [6.07, 6.45) is 1.86. The van der Waals surface area contributed by atoms with Gasteiger partial charge in [-0.15, -0.1) is 0 Å². The normalized spacial score (nSPS) is 10.9. The molecule has 2 aromatic heterocycles. The smallest absolute Gasteiger partial charge is 0.184 e. The zero-order chi connectivity index (χ0) is 14.3. The Kier molecular flexibility index (Phi) is 3.06. The van der Waals surface area contributed by atoms with Crippen LogP contribution in [0.3, 0.4) is 0 Å². The number of pyridine rings is 1. The SMILES string of the molecule is Cc1cnc2c(c1)[nH]c(=S)n2-c1ccccc1N(C)C. The Morgan fingerprint density at radius 3 is 2.75 bits per heavy atom. The molecular formula is C15H16N4S. The maximum atomic E-state index is 5.47. The number of nitrogens with zero attached hydrogens (tertiary/aromatic N) is 3. The summed E-state index contributed by atoms with van der Waals surface area (Å²) in [5.41, 5.74) is 5.07. The molecule has 1 aromatic carbocycles. The summed E-state index contributed by atoms with van der Waals surface area (Å²) >= 11 is 5.47. The number of hydrogen-bond donors (Lipinski definition) is 1. The van der Waals surface area contributed by atoms with Crippen molar-refractivity contribution in [3.05, 3.63) is 46.9 Å². The van der Waals surface area contributed by atoms with Gasteiger partial charge in [-0.05, 0) is 42.9 Å². The van der Waals surface area contributed by atoms with Crippen LogP contribution in [0.25, 0.3) is 16.9 Å². The lowest BCUT2D eigenvalue weighted by Gasteiger charge is -2.17. The zero-order valence-corrected chi connectivity index (χ0v) is 12.5. The average molecular weight is 284 g/mol. The van der Waals surface area contributed by atoms with Gasteiger partial charge in [0.1, 0.15) is 0 Å². The maximum absolute atomic E-state index is 5.47. The van der Waals surface area contributed by atoms with Crippen molar-refractivity contribution in [3.8, 4) is 5.69 Å². The summed E-state index contributed by atoms with van der Waals surface area (Å²) in [6, 6.07) is 10.2. The predicted octanol–water partition coefficient (Wildman–Crippen LogP) is 3.46. The number of fused-ring (bicyclic) bond motifs is 1. The number of imidazole rings is 1. The summed E-state index contributed by atoms with van der Waals surface area (Å²) in [7, 11) is 4.05. The molecule has 0 unspecified atom stereocenters. The topological polar surface area (TPSA) is 36.9 Å². The fourth-order valence-electron chi connectivity index (χ4n) is 2.35. The third kappa shape index (κ3) is 2.00. The van der Waals surface area contributed by atoms with Crippen LogP contribution >= 0.6 is 12.2 Å². The second kappa shape index (κ2) is 4.76. The van der Waals surface area contributed by atoms with Gasteiger partial charge in [0.2, 0.25) is 0 Å². The van der Waals surface area contributed by atoms with Crippen LogP contribution in [0.5, 0.6) is 0 Å². The van der Waals surface area contributed by atoms with E-state index in [1.807, 2.05) is 43.9 Å². The Hall–Kier alpha value is -2.14. The molecule has 1 N–H and O–H groups in total. The van der Waals surface area contributed by atoms with Gasteiger partial charge in [-0.1, -0.05) is 12.1 Å². The highest BCUT2D eigenvalue weighted by molar-refractivity contribution is 7.71. The molecule has 0 radical (unpaired) electrons. The van der Waals surface area contributed by atoms with Crippen LogP contribution in [0.1, 0.15) is 5.56 Å². The lowest BCUT2D eigenvalue weighted by molar-refractivity contribution is 1.01. The second-order valence-electron chi connectivity index (χ2n) is 5.03. The van der Waals surface area contributed by atoms with E-state index in [0.717, 1.165) is 28.1 Å². The van der Waals surface area contributed by atoms with Crippen molar-refractivity contribution in [2.24, 2.45) is 0 Å². The quantitative estimate of drug-likeness (QED) is 0.732. The van der Waals surface area contributed by atoms with Gasteiger partial charge in [0, 0.05) is 20.3 Å². The molecule has 0 saturated heterocycles. The number of nitrogens with one attached hydrogen (secondary N) is 1. The van der Waals surface area contributed by atoms with Gasteiger partial charge in [0.15, 0.2) is 10.4 Å². The van der Waals surface area contributed by atoms with Gasteiger partial charge >= 0.3 is 0 Å². The first-order chi connectivity index (χ1) is 9.58. The highest BCUT2D eigenvalue weighted by Crippen LogP contribution is 2.26. The minimum Gasteiger partial charge on any atom is -0.376 e. The molecule has 0 aliphatic carbocycles. The van der Waals surface area contributed by atoms with Crippen LogP contribution in [0.4, 0.5) is 5.69 Å². The van der Waals surface area contributed by atoms with E-state index in [1.165, 1.54) is 0 Å². The highest BCUT2D eigenvalue weighted by Gasteiger charge is 2.12. The van der Waals surface area contributed by atoms with Crippen molar-refractivity contribution in [3.63, 3.8) is 0 Å². The van der Waals surface area contributed by atoms with Crippen LogP contribution < -0.4 is 4.90 Å². The zero-order valence-electron chi connectivity index (χ0n) is 11.7. The maximum Gasteiger partial charge on any atom is 0.184 e. The molecule has 0 atom stereocenters. The minimum atomic E-state index is 0.660. The van der Waals surface area contributed by atoms with Gasteiger partial charge in [0.25, 0.3) is 0 Å². The number of anilines is 1. The fourth-order valence-corrected chi connectivity index (χ4v) is 2.65. The molecule has 4 nitrogen and oxygen atoms in total. The van der Waals surface area contributed by atoms with E-state index in [2.05, 4.69) is 33.1 Å². The van der Waals surface area contributed by atoms with E-state index >= 15 is 0 Å². The Labute approximate surface area is 122 Å². The van der Waals surface area contributed by atoms with E-state index in [1.54, 1.807) is 0 Å². The van der Waals surface area contributed by atoms with E-state index in [-0.39, 0.29) is 0 Å². The number of aromatic nitrogens is 3. The first-order valence-electron chi connectivity index (χ1n) is 6.42. The number of H-pyrrole nitrogens is 1. The number of aryl methyl sites for hydroxylation is 1. The number of para-hydroxylation sites is 2. The third-order valence-corrected chi connectivity index (χ3v) is 3.55.